The number of carbonyl (C=O) groups is 4. The lowest BCUT2D eigenvalue weighted by molar-refractivity contribution is -0.122. The van der Waals surface area contributed by atoms with Crippen molar-refractivity contribution in [2.45, 2.75) is 38.8 Å². The molecule has 0 fully saturated rings. The fourth-order valence-corrected chi connectivity index (χ4v) is 6.59. The summed E-state index contributed by atoms with van der Waals surface area (Å²) in [5.41, 5.74) is 2.75. The Morgan fingerprint density at radius 3 is 2.17 bits per heavy atom. The molecule has 5 aromatic carbocycles. The van der Waals surface area contributed by atoms with Crippen molar-refractivity contribution in [3.05, 3.63) is 143 Å². The second-order valence-corrected chi connectivity index (χ2v) is 15.6. The molecule has 0 spiro atoms. The van der Waals surface area contributed by atoms with Crippen LogP contribution in [0.25, 0.3) is 21.7 Å². The Bertz CT molecular complexity index is 2460. The Morgan fingerprint density at radius 1 is 0.729 bits per heavy atom. The molecule has 0 saturated heterocycles. The number of hydrogen-bond acceptors (Lipinski definition) is 6. The van der Waals surface area contributed by atoms with Crippen LogP contribution in [0.4, 0.5) is 16.2 Å². The highest BCUT2D eigenvalue weighted by Gasteiger charge is 2.25. The molecule has 59 heavy (non-hydrogen) atoms. The van der Waals surface area contributed by atoms with Crippen LogP contribution in [-0.2, 0) is 16.0 Å². The van der Waals surface area contributed by atoms with Gasteiger partial charge in [0.05, 0.1) is 16.9 Å². The second kappa shape index (κ2) is 19.7. The van der Waals surface area contributed by atoms with Crippen molar-refractivity contribution in [1.82, 2.24) is 31.6 Å². The molecule has 1 atom stereocenters. The van der Waals surface area contributed by atoms with Crippen LogP contribution in [-0.4, -0.2) is 72.6 Å². The average Bonchev–Trinajstić information content (AvgIpc) is 3.63. The van der Waals surface area contributed by atoms with Crippen LogP contribution in [0.3, 0.4) is 0 Å². The fraction of sp³-hybridized carbons (Fsp3) is 0.222. The molecule has 0 aliphatic heterocycles. The van der Waals surface area contributed by atoms with E-state index in [4.69, 9.17) is 4.74 Å². The minimum absolute atomic E-state index is 0.181. The number of fused-ring (bicyclic) bond motifs is 2. The normalized spacial score (nSPS) is 12.0. The fourth-order valence-electron chi connectivity index (χ4n) is 6.23. The van der Waals surface area contributed by atoms with E-state index in [-0.39, 0.29) is 37.5 Å². The number of ether oxygens (including phenoxy) is 1. The third-order valence-electron chi connectivity index (χ3n) is 9.01. The number of anilines is 1. The first-order valence-corrected chi connectivity index (χ1v) is 20.0. The number of amides is 4. The number of carbonyl (C=O) groups excluding carboxylic acids is 4. The Morgan fingerprint density at radius 2 is 1.41 bits per heavy atom. The number of para-hydroxylation sites is 2. The van der Waals surface area contributed by atoms with Gasteiger partial charge < -0.3 is 41.6 Å². The number of hydrogen-bond donors (Lipinski definition) is 7. The van der Waals surface area contributed by atoms with Crippen molar-refractivity contribution in [2.75, 3.05) is 31.5 Å². The number of aromatic nitrogens is 1. The molecule has 7 N–H and O–H groups in total. The smallest absolute Gasteiger partial charge is 0.407 e. The third-order valence-corrected chi connectivity index (χ3v) is 9.50. The van der Waals surface area contributed by atoms with Gasteiger partial charge in [-0.3, -0.25) is 14.4 Å². The number of nitrogens with zero attached hydrogens (tertiary/aromatic N) is 1. The Hall–Kier alpha value is -6.67. The summed E-state index contributed by atoms with van der Waals surface area (Å²) in [7, 11) is 0. The molecule has 4 amide bonds. The van der Waals surface area contributed by atoms with Gasteiger partial charge in [0.25, 0.3) is 11.8 Å². The number of H-pyrrole nitrogens is 1. The average molecular weight is 860 g/mol. The molecular formula is C45H47BrN8O5. The van der Waals surface area contributed by atoms with E-state index in [2.05, 4.69) is 57.8 Å². The molecule has 0 bridgehead atoms. The topological polar surface area (TPSA) is 178 Å². The van der Waals surface area contributed by atoms with Gasteiger partial charge in [0.2, 0.25) is 5.91 Å². The predicted molar refractivity (Wildman–Crippen MR) is 236 cm³/mol. The molecule has 0 aliphatic carbocycles. The maximum atomic E-state index is 14.1. The molecule has 1 heterocycles. The summed E-state index contributed by atoms with van der Waals surface area (Å²) in [6.45, 7) is 6.50. The van der Waals surface area contributed by atoms with Crippen molar-refractivity contribution in [1.29, 1.82) is 0 Å². The minimum Gasteiger partial charge on any atom is -0.444 e. The van der Waals surface area contributed by atoms with Gasteiger partial charge in [-0.1, -0.05) is 82.7 Å². The van der Waals surface area contributed by atoms with Crippen molar-refractivity contribution in [3.8, 4) is 0 Å². The monoisotopic (exact) mass is 858 g/mol. The van der Waals surface area contributed by atoms with Crippen molar-refractivity contribution in [3.63, 3.8) is 0 Å². The quantitative estimate of drug-likeness (QED) is 0.0345. The van der Waals surface area contributed by atoms with E-state index < -0.39 is 29.6 Å². The molecule has 0 saturated carbocycles. The van der Waals surface area contributed by atoms with Crippen molar-refractivity contribution < 1.29 is 23.9 Å². The van der Waals surface area contributed by atoms with Crippen LogP contribution >= 0.6 is 15.9 Å². The molecular weight excluding hydrogens is 812 g/mol. The molecule has 0 unspecified atom stereocenters. The van der Waals surface area contributed by atoms with E-state index in [0.717, 1.165) is 27.2 Å². The van der Waals surface area contributed by atoms with Crippen LogP contribution in [0.2, 0.25) is 0 Å². The van der Waals surface area contributed by atoms with Crippen LogP contribution in [0.15, 0.2) is 131 Å². The number of guanidine groups is 1. The number of nitrogens with one attached hydrogen (secondary N) is 7. The minimum atomic E-state index is -0.987. The number of aliphatic imine (C=N–C) groups is 1. The molecule has 6 rings (SSSR count). The van der Waals surface area contributed by atoms with Crippen LogP contribution < -0.4 is 31.9 Å². The summed E-state index contributed by atoms with van der Waals surface area (Å²) < 4.78 is 5.93. The van der Waals surface area contributed by atoms with Crippen LogP contribution in [0.5, 0.6) is 0 Å². The van der Waals surface area contributed by atoms with Gasteiger partial charge in [0, 0.05) is 59.7 Å². The zero-order valence-electron chi connectivity index (χ0n) is 33.0. The molecule has 6 aromatic rings. The molecule has 304 valence electrons. The number of aromatic amines is 1. The number of alkyl carbamates (subject to hydrolysis) is 1. The van der Waals surface area contributed by atoms with Crippen molar-refractivity contribution in [2.24, 2.45) is 4.99 Å². The zero-order chi connectivity index (χ0) is 41.8. The first-order valence-electron chi connectivity index (χ1n) is 19.2. The van der Waals surface area contributed by atoms with Gasteiger partial charge in [0.15, 0.2) is 5.96 Å². The van der Waals surface area contributed by atoms with Gasteiger partial charge in [-0.05, 0) is 85.6 Å². The SMILES string of the molecule is CC(C)(C)OC(=O)NCCN/C(=N\c1ccccc1)NCCNC(=O)[C@H](Cc1c[nH]c2ccccc12)NC(=O)c1cc(Br)ccc1NC(=O)c1ccc2ccccc2c1. The lowest BCUT2D eigenvalue weighted by Crippen LogP contribution is -2.50. The summed E-state index contributed by atoms with van der Waals surface area (Å²) in [6, 6.07) is 34.3. The van der Waals surface area contributed by atoms with Gasteiger partial charge in [-0.15, -0.1) is 0 Å². The standard InChI is InChI=1S/C45H47BrN8O5/c1-45(2,3)59-44(58)50-24-23-49-43(52-34-13-5-4-6-14-34)48-22-21-47-42(57)39(26-32-28-51-37-16-10-9-15-35(32)37)54-41(56)36-27-33(46)19-20-38(36)53-40(55)31-18-17-29-11-7-8-12-30(29)25-31/h4-20,25,27-28,39,51H,21-24,26H2,1-3H3,(H,47,57)(H,50,58)(H,53,55)(H,54,56)(H2,48,49,52)/t39-/m0/s1. The summed E-state index contributed by atoms with van der Waals surface area (Å²) >= 11 is 3.46. The Labute approximate surface area is 350 Å². The van der Waals surface area contributed by atoms with E-state index in [1.807, 2.05) is 91.1 Å². The lowest BCUT2D eigenvalue weighted by atomic mass is 10.0. The third kappa shape index (κ3) is 12.2. The second-order valence-electron chi connectivity index (χ2n) is 14.7. The molecule has 13 nitrogen and oxygen atoms in total. The number of halogens is 1. The maximum Gasteiger partial charge on any atom is 0.407 e. The van der Waals surface area contributed by atoms with Crippen LogP contribution in [0, 0.1) is 0 Å². The maximum absolute atomic E-state index is 14.1. The Kier molecular flexibility index (Phi) is 14.0. The van der Waals surface area contributed by atoms with E-state index in [9.17, 15) is 19.2 Å². The molecule has 14 heteroatoms. The summed E-state index contributed by atoms with van der Waals surface area (Å²) in [5.74, 6) is -0.886. The first-order chi connectivity index (χ1) is 28.4. The number of benzene rings is 5. The van der Waals surface area contributed by atoms with Crippen molar-refractivity contribution >= 4 is 78.8 Å². The van der Waals surface area contributed by atoms with Gasteiger partial charge in [0.1, 0.15) is 11.6 Å². The summed E-state index contributed by atoms with van der Waals surface area (Å²) in [6.07, 6.45) is 1.50. The van der Waals surface area contributed by atoms with Crippen LogP contribution in [0.1, 0.15) is 47.1 Å². The largest absolute Gasteiger partial charge is 0.444 e. The van der Waals surface area contributed by atoms with E-state index in [0.29, 0.717) is 33.9 Å². The van der Waals surface area contributed by atoms with Gasteiger partial charge in [-0.25, -0.2) is 9.79 Å². The van der Waals surface area contributed by atoms with Gasteiger partial charge >= 0.3 is 6.09 Å². The Balaban J connectivity index is 1.14. The van der Waals surface area contributed by atoms with Gasteiger partial charge in [-0.2, -0.15) is 0 Å². The van der Waals surface area contributed by atoms with E-state index in [1.165, 1.54) is 0 Å². The summed E-state index contributed by atoms with van der Waals surface area (Å²) in [4.78, 5) is 61.5. The highest BCUT2D eigenvalue weighted by Crippen LogP contribution is 2.24. The first kappa shape index (κ1) is 41.9. The summed E-state index contributed by atoms with van der Waals surface area (Å²) in [5, 5.41) is 20.8. The molecule has 0 radical (unpaired) electrons. The highest BCUT2D eigenvalue weighted by molar-refractivity contribution is 9.10. The lowest BCUT2D eigenvalue weighted by Gasteiger charge is -2.20. The molecule has 1 aromatic heterocycles. The highest BCUT2D eigenvalue weighted by atomic mass is 79.9. The molecule has 0 aliphatic rings. The van der Waals surface area contributed by atoms with E-state index >= 15 is 0 Å². The predicted octanol–water partition coefficient (Wildman–Crippen LogP) is 7.18. The van der Waals surface area contributed by atoms with E-state index in [1.54, 1.807) is 51.1 Å². The zero-order valence-corrected chi connectivity index (χ0v) is 34.6. The number of rotatable bonds is 14.